The van der Waals surface area contributed by atoms with Gasteiger partial charge in [-0.25, -0.2) is 0 Å². The highest BCUT2D eigenvalue weighted by Crippen LogP contribution is 2.32. The van der Waals surface area contributed by atoms with E-state index >= 15 is 0 Å². The Morgan fingerprint density at radius 3 is 2.29 bits per heavy atom. The van der Waals surface area contributed by atoms with Crippen molar-refractivity contribution in [2.45, 2.75) is 6.42 Å². The van der Waals surface area contributed by atoms with Gasteiger partial charge in [0, 0.05) is 43.6 Å². The fourth-order valence-electron chi connectivity index (χ4n) is 3.93. The van der Waals surface area contributed by atoms with Crippen LogP contribution in [-0.2, 0) is 9.59 Å². The van der Waals surface area contributed by atoms with Gasteiger partial charge in [-0.3, -0.25) is 9.59 Å². The molecule has 2 fully saturated rings. The minimum Gasteiger partial charge on any atom is -0.506 e. The summed E-state index contributed by atoms with van der Waals surface area (Å²) in [5.74, 6) is -0.0260. The highest BCUT2D eigenvalue weighted by Gasteiger charge is 2.38. The first-order valence-electron chi connectivity index (χ1n) is 9.41. The molecule has 0 aliphatic carbocycles. The molecule has 2 aromatic rings. The van der Waals surface area contributed by atoms with E-state index in [2.05, 4.69) is 20.8 Å². The average Bonchev–Trinajstić information content (AvgIpc) is 3.10. The quantitative estimate of drug-likeness (QED) is 0.791. The first-order valence-corrected chi connectivity index (χ1v) is 10.2. The molecule has 0 spiro atoms. The lowest BCUT2D eigenvalue weighted by molar-refractivity contribution is -0.136. The number of rotatable bonds is 3. The molecule has 1 N–H and O–H groups in total. The second-order valence-electron chi connectivity index (χ2n) is 7.16. The summed E-state index contributed by atoms with van der Waals surface area (Å²) in [5, 5.41) is 10.0. The zero-order chi connectivity index (χ0) is 19.7. The summed E-state index contributed by atoms with van der Waals surface area (Å²) in [5.41, 5.74) is 1.61. The van der Waals surface area contributed by atoms with Crippen molar-refractivity contribution in [1.29, 1.82) is 0 Å². The van der Waals surface area contributed by atoms with Crippen molar-refractivity contribution in [1.82, 2.24) is 4.90 Å². The number of aromatic hydroxyl groups is 1. The number of anilines is 2. The zero-order valence-corrected chi connectivity index (χ0v) is 17.0. The molecule has 0 bridgehead atoms. The van der Waals surface area contributed by atoms with Crippen LogP contribution in [0.15, 0.2) is 53.0 Å². The second-order valence-corrected chi connectivity index (χ2v) is 8.01. The first-order chi connectivity index (χ1) is 13.5. The van der Waals surface area contributed by atoms with E-state index in [4.69, 9.17) is 0 Å². The molecule has 2 saturated heterocycles. The largest absolute Gasteiger partial charge is 0.506 e. The van der Waals surface area contributed by atoms with E-state index in [1.54, 1.807) is 17.0 Å². The maximum Gasteiger partial charge on any atom is 0.228 e. The van der Waals surface area contributed by atoms with Crippen LogP contribution >= 0.6 is 15.9 Å². The Kier molecular flexibility index (Phi) is 5.26. The van der Waals surface area contributed by atoms with Crippen molar-refractivity contribution < 1.29 is 14.7 Å². The molecule has 2 aromatic carbocycles. The molecule has 28 heavy (non-hydrogen) atoms. The maximum absolute atomic E-state index is 13.0. The number of hydrogen-bond acceptors (Lipinski definition) is 4. The Morgan fingerprint density at radius 1 is 0.964 bits per heavy atom. The minimum atomic E-state index is -0.309. The van der Waals surface area contributed by atoms with Gasteiger partial charge in [-0.1, -0.05) is 24.3 Å². The monoisotopic (exact) mass is 443 g/mol. The molecule has 0 radical (unpaired) electrons. The first kappa shape index (κ1) is 18.8. The molecular weight excluding hydrogens is 422 g/mol. The van der Waals surface area contributed by atoms with Crippen LogP contribution in [0.3, 0.4) is 0 Å². The average molecular weight is 444 g/mol. The van der Waals surface area contributed by atoms with E-state index in [0.29, 0.717) is 32.7 Å². The number of amides is 2. The van der Waals surface area contributed by atoms with Crippen LogP contribution in [0.25, 0.3) is 0 Å². The van der Waals surface area contributed by atoms with Gasteiger partial charge in [0.1, 0.15) is 5.75 Å². The third-order valence-corrected chi connectivity index (χ3v) is 6.10. The third-order valence-electron chi connectivity index (χ3n) is 5.43. The van der Waals surface area contributed by atoms with Crippen molar-refractivity contribution in [2.24, 2.45) is 5.92 Å². The number of carbonyl (C=O) groups excluding carboxylic acids is 2. The van der Waals surface area contributed by atoms with Crippen LogP contribution in [0, 0.1) is 5.92 Å². The second kappa shape index (κ2) is 7.83. The molecule has 2 amide bonds. The minimum absolute atomic E-state index is 0.0157. The highest BCUT2D eigenvalue weighted by molar-refractivity contribution is 9.10. The molecule has 4 rings (SSSR count). The van der Waals surface area contributed by atoms with Crippen LogP contribution in [0.2, 0.25) is 0 Å². The lowest BCUT2D eigenvalue weighted by atomic mass is 10.1. The Morgan fingerprint density at radius 2 is 1.61 bits per heavy atom. The number of halogens is 1. The number of phenols is 1. The van der Waals surface area contributed by atoms with Crippen molar-refractivity contribution >= 4 is 39.1 Å². The molecule has 2 aliphatic rings. The van der Waals surface area contributed by atoms with Crippen molar-refractivity contribution in [3.63, 3.8) is 0 Å². The van der Waals surface area contributed by atoms with Crippen LogP contribution in [0.1, 0.15) is 6.42 Å². The number of hydrogen-bond donors (Lipinski definition) is 1. The normalized spacial score (nSPS) is 20.0. The van der Waals surface area contributed by atoms with E-state index in [9.17, 15) is 14.7 Å². The van der Waals surface area contributed by atoms with Crippen LogP contribution in [-0.4, -0.2) is 54.5 Å². The van der Waals surface area contributed by atoms with Crippen molar-refractivity contribution in [3.8, 4) is 5.75 Å². The number of carbonyl (C=O) groups is 2. The molecule has 2 aliphatic heterocycles. The molecular formula is C21H22BrN3O3. The molecule has 146 valence electrons. The smallest absolute Gasteiger partial charge is 0.228 e. The third kappa shape index (κ3) is 3.58. The van der Waals surface area contributed by atoms with Crippen LogP contribution < -0.4 is 9.80 Å². The van der Waals surface area contributed by atoms with E-state index < -0.39 is 0 Å². The van der Waals surface area contributed by atoms with Crippen molar-refractivity contribution in [3.05, 3.63) is 53.0 Å². The number of phenolic OH excluding ortho intramolecular Hbond substituents is 1. The van der Waals surface area contributed by atoms with Crippen LogP contribution in [0.5, 0.6) is 5.75 Å². The van der Waals surface area contributed by atoms with E-state index in [1.807, 2.05) is 41.3 Å². The lowest BCUT2D eigenvalue weighted by Crippen LogP contribution is -2.50. The molecule has 7 heteroatoms. The summed E-state index contributed by atoms with van der Waals surface area (Å²) in [6.45, 7) is 2.93. The van der Waals surface area contributed by atoms with Gasteiger partial charge in [0.05, 0.1) is 17.3 Å². The summed E-state index contributed by atoms with van der Waals surface area (Å²) >= 11 is 3.49. The fourth-order valence-corrected chi connectivity index (χ4v) is 4.43. The van der Waals surface area contributed by atoms with E-state index in [0.717, 1.165) is 15.8 Å². The molecule has 1 unspecified atom stereocenters. The van der Waals surface area contributed by atoms with Gasteiger partial charge in [0.2, 0.25) is 11.8 Å². The Hall–Kier alpha value is -2.54. The Bertz CT molecular complexity index is 896. The predicted octanol–water partition coefficient (Wildman–Crippen LogP) is 2.86. The van der Waals surface area contributed by atoms with Gasteiger partial charge < -0.3 is 19.8 Å². The molecule has 1 atom stereocenters. The number of piperazine rings is 1. The number of para-hydroxylation sites is 3. The topological polar surface area (TPSA) is 64.1 Å². The summed E-state index contributed by atoms with van der Waals surface area (Å²) in [6.07, 6.45) is 0.250. The summed E-state index contributed by atoms with van der Waals surface area (Å²) in [6, 6.07) is 14.8. The standard InChI is InChI=1S/C21H22BrN3O3/c22-16-5-1-2-6-17(16)25-14-15(13-20(25)27)21(28)24-11-9-23(10-12-24)18-7-3-4-8-19(18)26/h1-8,15,26H,9-14H2. The molecule has 2 heterocycles. The highest BCUT2D eigenvalue weighted by atomic mass is 79.9. The van der Waals surface area contributed by atoms with Crippen molar-refractivity contribution in [2.75, 3.05) is 42.5 Å². The Balaban J connectivity index is 1.39. The maximum atomic E-state index is 13.0. The van der Waals surface area contributed by atoms with Gasteiger partial charge in [-0.05, 0) is 40.2 Å². The zero-order valence-electron chi connectivity index (χ0n) is 15.4. The molecule has 6 nitrogen and oxygen atoms in total. The molecule has 0 aromatic heterocycles. The van der Waals surface area contributed by atoms with Gasteiger partial charge in [0.15, 0.2) is 0 Å². The van der Waals surface area contributed by atoms with E-state index in [-0.39, 0.29) is 29.9 Å². The lowest BCUT2D eigenvalue weighted by Gasteiger charge is -2.37. The van der Waals surface area contributed by atoms with Gasteiger partial charge in [0.25, 0.3) is 0 Å². The fraction of sp³-hybridized carbons (Fsp3) is 0.333. The predicted molar refractivity (Wildman–Crippen MR) is 112 cm³/mol. The van der Waals surface area contributed by atoms with Gasteiger partial charge in [-0.2, -0.15) is 0 Å². The number of nitrogens with zero attached hydrogens (tertiary/aromatic N) is 3. The van der Waals surface area contributed by atoms with Gasteiger partial charge in [-0.15, -0.1) is 0 Å². The van der Waals surface area contributed by atoms with Crippen LogP contribution in [0.4, 0.5) is 11.4 Å². The summed E-state index contributed by atoms with van der Waals surface area (Å²) in [4.78, 5) is 31.1. The van der Waals surface area contributed by atoms with Gasteiger partial charge >= 0.3 is 0 Å². The van der Waals surface area contributed by atoms with E-state index in [1.165, 1.54) is 0 Å². The Labute approximate surface area is 172 Å². The summed E-state index contributed by atoms with van der Waals surface area (Å²) in [7, 11) is 0. The summed E-state index contributed by atoms with van der Waals surface area (Å²) < 4.78 is 0.854. The molecule has 0 saturated carbocycles. The SMILES string of the molecule is O=C(C1CC(=O)N(c2ccccc2Br)C1)N1CCN(c2ccccc2O)CC1. The number of benzene rings is 2.